The van der Waals surface area contributed by atoms with Gasteiger partial charge in [-0.1, -0.05) is 78.9 Å². The van der Waals surface area contributed by atoms with Crippen LogP contribution in [0.2, 0.25) is 0 Å². The zero-order chi connectivity index (χ0) is 56.7. The van der Waals surface area contributed by atoms with E-state index in [4.69, 9.17) is 5.26 Å². The van der Waals surface area contributed by atoms with Crippen molar-refractivity contribution in [1.29, 1.82) is 5.26 Å². The van der Waals surface area contributed by atoms with Crippen molar-refractivity contribution >= 4 is 33.8 Å². The van der Waals surface area contributed by atoms with E-state index >= 15 is 0 Å². The normalized spacial score (nSPS) is 13.2. The maximum atomic E-state index is 14.2. The average molecular weight is 1100 g/mol. The zero-order valence-corrected chi connectivity index (χ0v) is 36.5. The topological polar surface area (TPSA) is 44.7 Å². The lowest BCUT2D eigenvalue weighted by atomic mass is 9.12. The largest absolute Gasteiger partial charge is 0.416 e. The lowest BCUT2D eigenvalue weighted by Gasteiger charge is -2.46. The quantitative estimate of drug-likeness (QED) is 0.0660. The lowest BCUT2D eigenvalue weighted by molar-refractivity contribution is -0.683. The summed E-state index contributed by atoms with van der Waals surface area (Å²) >= 11 is 0. The Labute approximate surface area is 405 Å². The van der Waals surface area contributed by atoms with Crippen LogP contribution in [-0.2, 0) is 62.4 Å². The van der Waals surface area contributed by atoms with Crippen LogP contribution in [0.3, 0.4) is 0 Å². The highest BCUT2D eigenvalue weighted by Gasteiger charge is 2.47. The summed E-state index contributed by atoms with van der Waals surface area (Å²) in [5.41, 5.74) is -28.5. The smallest absolute Gasteiger partial charge is 0.287 e. The number of pyridine rings is 1. The fourth-order valence-corrected chi connectivity index (χ4v) is 7.75. The number of rotatable bonds is 8. The van der Waals surface area contributed by atoms with E-state index in [1.165, 1.54) is 0 Å². The van der Waals surface area contributed by atoms with Gasteiger partial charge in [-0.3, -0.25) is 4.79 Å². The van der Waals surface area contributed by atoms with E-state index in [0.717, 1.165) is 5.56 Å². The van der Waals surface area contributed by atoms with Gasteiger partial charge in [0.25, 0.3) is 0 Å². The Hall–Kier alpha value is -7.21. The van der Waals surface area contributed by atoms with Crippen LogP contribution < -0.4 is 26.4 Å². The molecule has 0 aliphatic rings. The summed E-state index contributed by atoms with van der Waals surface area (Å²) in [7, 11) is 0. The molecule has 0 fully saturated rings. The van der Waals surface area contributed by atoms with Gasteiger partial charge in [0.1, 0.15) is 6.15 Å². The van der Waals surface area contributed by atoms with E-state index in [9.17, 15) is 110 Å². The predicted octanol–water partition coefficient (Wildman–Crippen LogP) is 13.1. The highest BCUT2D eigenvalue weighted by Crippen LogP contribution is 2.41. The molecule has 0 saturated carbocycles. The lowest BCUT2D eigenvalue weighted by Crippen LogP contribution is -2.75. The highest BCUT2D eigenvalue weighted by atomic mass is 19.4. The number of aromatic nitrogens is 1. The second-order valence-corrected chi connectivity index (χ2v) is 16.2. The number of carbonyl (C=O) groups excluding carboxylic acids is 1. The van der Waals surface area contributed by atoms with Crippen LogP contribution in [-0.4, -0.2) is 11.9 Å². The molecule has 0 atom stereocenters. The summed E-state index contributed by atoms with van der Waals surface area (Å²) in [6.45, 7) is 0.316. The molecule has 6 aromatic rings. The fraction of sp³-hybridized carbons (Fsp3) is 0.213. The van der Waals surface area contributed by atoms with Gasteiger partial charge in [-0.25, -0.2) is 0 Å². The van der Waals surface area contributed by atoms with Crippen LogP contribution in [0.15, 0.2) is 128 Å². The minimum Gasteiger partial charge on any atom is -0.287 e. The standard InChI is InChI=1S/C32H12BF24.C15H13N2O/c34-25(35,36)13-1-14(26(37,38)39)6-21(5-13)33(22-7-15(27(40,41)42)2-16(8-22)28(43,44)45,23-9-17(29(46,47)48)3-18(10-23)30(49,50)51)24-11-19(31(52,53)54)4-20(12-24)32(55,56)57;16-9-6-13-7-10-17(11-8-13)12-15(18)14-4-2-1-3-5-14/h1-12H;1-5,7-8,10-11H,6,12H2/q-1;+1. The molecule has 75 heavy (non-hydrogen) atoms. The van der Waals surface area contributed by atoms with Gasteiger partial charge in [0.05, 0.1) is 57.0 Å². The molecule has 0 bridgehead atoms. The monoisotopic (exact) mass is 1100 g/mol. The van der Waals surface area contributed by atoms with Crippen LogP contribution in [0, 0.1) is 11.3 Å². The van der Waals surface area contributed by atoms with Crippen molar-refractivity contribution in [2.75, 3.05) is 0 Å². The maximum absolute atomic E-state index is 14.2. The van der Waals surface area contributed by atoms with Crippen molar-refractivity contribution in [2.24, 2.45) is 0 Å². The van der Waals surface area contributed by atoms with Crippen LogP contribution >= 0.6 is 0 Å². The first-order valence-corrected chi connectivity index (χ1v) is 20.3. The molecule has 0 radical (unpaired) electrons. The molecule has 0 aliphatic carbocycles. The van der Waals surface area contributed by atoms with E-state index < -0.39 is 195 Å². The molecular formula is C47H25BF24N2O. The summed E-state index contributed by atoms with van der Waals surface area (Å²) in [4.78, 5) is 12.0. The van der Waals surface area contributed by atoms with Crippen LogP contribution in [0.4, 0.5) is 105 Å². The molecule has 1 aromatic heterocycles. The number of benzene rings is 5. The Balaban J connectivity index is 0.000000483. The summed E-state index contributed by atoms with van der Waals surface area (Å²) in [6.07, 6.45) is -50.8. The van der Waals surface area contributed by atoms with Gasteiger partial charge in [-0.2, -0.15) is 137 Å². The fourth-order valence-electron chi connectivity index (χ4n) is 7.75. The predicted molar refractivity (Wildman–Crippen MR) is 217 cm³/mol. The number of carbonyl (C=O) groups is 1. The number of hydrogen-bond acceptors (Lipinski definition) is 2. The Kier molecular flexibility index (Phi) is 16.0. The van der Waals surface area contributed by atoms with Gasteiger partial charge in [0, 0.05) is 17.7 Å². The molecule has 0 amide bonds. The SMILES string of the molecule is FC(F)(F)c1cc([B-](c2cc(C(F)(F)F)cc(C(F)(F)F)c2)(c2cc(C(F)(F)F)cc(C(F)(F)F)c2)c2cc(C(F)(F)F)cc(C(F)(F)F)c2)cc(C(F)(F)F)c1.N#CCc1cc[n+](CC(=O)c2ccccc2)cc1. The Morgan fingerprint density at radius 1 is 0.387 bits per heavy atom. The Morgan fingerprint density at radius 3 is 0.840 bits per heavy atom. The molecule has 0 N–H and O–H groups in total. The van der Waals surface area contributed by atoms with E-state index in [1.807, 2.05) is 59.4 Å². The molecular weight excluding hydrogens is 1080 g/mol. The minimum atomic E-state index is -6.13. The maximum Gasteiger partial charge on any atom is 0.416 e. The van der Waals surface area contributed by atoms with E-state index in [2.05, 4.69) is 6.07 Å². The highest BCUT2D eigenvalue weighted by molar-refractivity contribution is 7.20. The third-order valence-corrected chi connectivity index (χ3v) is 11.1. The first-order valence-electron chi connectivity index (χ1n) is 20.3. The molecule has 28 heteroatoms. The van der Waals surface area contributed by atoms with Crippen molar-refractivity contribution < 1.29 is 115 Å². The van der Waals surface area contributed by atoms with E-state index in [1.54, 1.807) is 0 Å². The van der Waals surface area contributed by atoms with Gasteiger partial charge in [0.15, 0.2) is 12.4 Å². The molecule has 5 aromatic carbocycles. The van der Waals surface area contributed by atoms with Gasteiger partial charge in [-0.05, 0) is 29.8 Å². The van der Waals surface area contributed by atoms with Gasteiger partial charge >= 0.3 is 49.4 Å². The Morgan fingerprint density at radius 2 is 0.627 bits per heavy atom. The average Bonchev–Trinajstić information content (AvgIpc) is 3.28. The van der Waals surface area contributed by atoms with Crippen LogP contribution in [0.1, 0.15) is 60.4 Å². The van der Waals surface area contributed by atoms with Crippen LogP contribution in [0.25, 0.3) is 0 Å². The zero-order valence-electron chi connectivity index (χ0n) is 36.5. The second kappa shape index (κ2) is 20.5. The third-order valence-electron chi connectivity index (χ3n) is 11.1. The van der Waals surface area contributed by atoms with E-state index in [0.29, 0.717) is 18.5 Å². The summed E-state index contributed by atoms with van der Waals surface area (Å²) in [5, 5.41) is 8.57. The van der Waals surface area contributed by atoms with E-state index in [-0.39, 0.29) is 5.78 Å². The molecule has 400 valence electrons. The summed E-state index contributed by atoms with van der Waals surface area (Å²) < 4.78 is 343. The molecule has 0 spiro atoms. The number of alkyl halides is 24. The van der Waals surface area contributed by atoms with Gasteiger partial charge < -0.3 is 0 Å². The second-order valence-electron chi connectivity index (χ2n) is 16.2. The summed E-state index contributed by atoms with van der Waals surface area (Å²) in [6, 6.07) is 6.23. The molecule has 6 rings (SSSR count). The number of halogens is 24. The van der Waals surface area contributed by atoms with Gasteiger partial charge in [-0.15, -0.1) is 0 Å². The van der Waals surface area contributed by atoms with Crippen LogP contribution in [0.5, 0.6) is 0 Å². The molecule has 0 unspecified atom stereocenters. The summed E-state index contributed by atoms with van der Waals surface area (Å²) in [5.74, 6) is 0.0774. The number of ketones is 1. The number of Topliss-reactive ketones (excluding diaryl/α,β-unsaturated/α-hetero) is 1. The van der Waals surface area contributed by atoms with Crippen molar-refractivity contribution in [3.63, 3.8) is 0 Å². The first-order chi connectivity index (χ1) is 34.1. The van der Waals surface area contributed by atoms with Crippen molar-refractivity contribution in [2.45, 2.75) is 62.4 Å². The van der Waals surface area contributed by atoms with Crippen molar-refractivity contribution in [1.82, 2.24) is 0 Å². The number of hydrogen-bond donors (Lipinski definition) is 0. The van der Waals surface area contributed by atoms with Gasteiger partial charge in [0.2, 0.25) is 12.3 Å². The number of nitrogens with zero attached hydrogens (tertiary/aromatic N) is 2. The van der Waals surface area contributed by atoms with Crippen molar-refractivity contribution in [3.05, 3.63) is 183 Å². The molecule has 0 aliphatic heterocycles. The van der Waals surface area contributed by atoms with Crippen molar-refractivity contribution in [3.8, 4) is 6.07 Å². The Bertz CT molecular complexity index is 2630. The molecule has 1 heterocycles. The number of nitriles is 1. The molecule has 0 saturated heterocycles. The molecule has 3 nitrogen and oxygen atoms in total. The first kappa shape index (κ1) is 58.7. The minimum absolute atomic E-state index is 0.0774. The third kappa shape index (κ3) is 13.9.